The average Bonchev–Trinajstić information content (AvgIpc) is 2.75. The summed E-state index contributed by atoms with van der Waals surface area (Å²) in [4.78, 5) is 12.8. The summed E-state index contributed by atoms with van der Waals surface area (Å²) in [5, 5.41) is -0.483. The minimum Gasteiger partial charge on any atom is -0.366 e. The monoisotopic (exact) mass is 258 g/mol. The van der Waals surface area contributed by atoms with E-state index in [0.717, 1.165) is 18.3 Å². The maximum atomic E-state index is 13.5. The van der Waals surface area contributed by atoms with Crippen molar-refractivity contribution in [1.29, 1.82) is 0 Å². The van der Waals surface area contributed by atoms with E-state index in [1.165, 1.54) is 0 Å². The van der Waals surface area contributed by atoms with Gasteiger partial charge in [-0.15, -0.1) is 0 Å². The van der Waals surface area contributed by atoms with E-state index in [9.17, 15) is 22.4 Å². The molecule has 3 N–H and O–H groups in total. The molecule has 1 aromatic carbocycles. The summed E-state index contributed by atoms with van der Waals surface area (Å²) >= 11 is 0. The van der Waals surface area contributed by atoms with E-state index in [-0.39, 0.29) is 5.56 Å². The molecule has 0 saturated carbocycles. The van der Waals surface area contributed by atoms with Crippen molar-refractivity contribution in [3.8, 4) is 0 Å². The smallest absolute Gasteiger partial charge is 0.241 e. The van der Waals surface area contributed by atoms with Crippen molar-refractivity contribution in [2.75, 3.05) is 0 Å². The van der Waals surface area contributed by atoms with Gasteiger partial charge in [-0.1, -0.05) is 0 Å². The first-order valence-corrected chi connectivity index (χ1v) is 4.74. The van der Waals surface area contributed by atoms with Gasteiger partial charge in [-0.2, -0.15) is 0 Å². The van der Waals surface area contributed by atoms with Crippen LogP contribution in [0.5, 0.6) is 0 Å². The van der Waals surface area contributed by atoms with Crippen LogP contribution in [-0.4, -0.2) is 10.9 Å². The molecule has 1 aromatic heterocycles. The van der Waals surface area contributed by atoms with Gasteiger partial charge in [0.1, 0.15) is 0 Å². The zero-order valence-electron chi connectivity index (χ0n) is 8.73. The number of nitrogens with one attached hydrogen (secondary N) is 1. The molecule has 0 atom stereocenters. The summed E-state index contributed by atoms with van der Waals surface area (Å²) in [5.74, 6) is -7.68. The van der Waals surface area contributed by atoms with Gasteiger partial charge in [0.25, 0.3) is 0 Å². The number of H-pyrrole nitrogens is 1. The van der Waals surface area contributed by atoms with Crippen LogP contribution in [0.3, 0.4) is 0 Å². The number of benzene rings is 1. The van der Waals surface area contributed by atoms with Gasteiger partial charge in [-0.3, -0.25) is 4.79 Å². The number of hydrogen-bond acceptors (Lipinski definition) is 1. The largest absolute Gasteiger partial charge is 0.366 e. The van der Waals surface area contributed by atoms with Crippen molar-refractivity contribution in [2.24, 2.45) is 5.73 Å². The van der Waals surface area contributed by atoms with E-state index in [1.807, 2.05) is 0 Å². The van der Waals surface area contributed by atoms with Gasteiger partial charge in [0.05, 0.1) is 5.52 Å². The van der Waals surface area contributed by atoms with Gasteiger partial charge in [-0.05, 0) is 6.08 Å². The summed E-state index contributed by atoms with van der Waals surface area (Å²) in [6.45, 7) is 0. The Morgan fingerprint density at radius 2 is 1.72 bits per heavy atom. The number of fused-ring (bicyclic) bond motifs is 1. The summed E-state index contributed by atoms with van der Waals surface area (Å²) < 4.78 is 52.8. The molecule has 0 aliphatic rings. The minimum atomic E-state index is -1.91. The number of hydrogen-bond donors (Lipinski definition) is 2. The van der Waals surface area contributed by atoms with Crippen LogP contribution in [0.2, 0.25) is 0 Å². The van der Waals surface area contributed by atoms with Crippen molar-refractivity contribution < 1.29 is 22.4 Å². The fourth-order valence-corrected chi connectivity index (χ4v) is 1.56. The molecular formula is C11H6F4N2O. The molecule has 1 amide bonds. The van der Waals surface area contributed by atoms with E-state index in [2.05, 4.69) is 4.98 Å². The van der Waals surface area contributed by atoms with Gasteiger partial charge in [0.15, 0.2) is 23.3 Å². The third kappa shape index (κ3) is 1.73. The van der Waals surface area contributed by atoms with E-state index < -0.39 is 40.1 Å². The minimum absolute atomic E-state index is 0.0147. The van der Waals surface area contributed by atoms with Gasteiger partial charge < -0.3 is 10.7 Å². The summed E-state index contributed by atoms with van der Waals surface area (Å²) in [5.41, 5.74) is 4.30. The zero-order valence-corrected chi connectivity index (χ0v) is 8.73. The van der Waals surface area contributed by atoms with Gasteiger partial charge in [-0.25, -0.2) is 17.6 Å². The van der Waals surface area contributed by atoms with E-state index >= 15 is 0 Å². The molecule has 0 bridgehead atoms. The van der Waals surface area contributed by atoms with Gasteiger partial charge >= 0.3 is 0 Å². The van der Waals surface area contributed by atoms with Gasteiger partial charge in [0, 0.05) is 23.2 Å². The lowest BCUT2D eigenvalue weighted by Crippen LogP contribution is -2.05. The third-order valence-electron chi connectivity index (χ3n) is 2.35. The molecule has 2 rings (SSSR count). The molecular weight excluding hydrogens is 252 g/mol. The van der Waals surface area contributed by atoms with Crippen LogP contribution >= 0.6 is 0 Å². The fourth-order valence-electron chi connectivity index (χ4n) is 1.56. The highest BCUT2D eigenvalue weighted by atomic mass is 19.2. The van der Waals surface area contributed by atoms with Crippen molar-refractivity contribution >= 4 is 22.9 Å². The Kier molecular flexibility index (Phi) is 2.82. The fraction of sp³-hybridized carbons (Fsp3) is 0. The topological polar surface area (TPSA) is 58.9 Å². The van der Waals surface area contributed by atoms with E-state index in [1.54, 1.807) is 0 Å². The second-order valence-electron chi connectivity index (χ2n) is 3.49. The number of aromatic nitrogens is 1. The highest BCUT2D eigenvalue weighted by Crippen LogP contribution is 2.29. The number of nitrogens with two attached hydrogens (primary N) is 1. The van der Waals surface area contributed by atoms with Crippen molar-refractivity contribution in [1.82, 2.24) is 4.98 Å². The average molecular weight is 258 g/mol. The number of aromatic amines is 1. The first-order valence-electron chi connectivity index (χ1n) is 4.74. The lowest BCUT2D eigenvalue weighted by molar-refractivity contribution is -0.113. The van der Waals surface area contributed by atoms with Crippen LogP contribution in [0.15, 0.2) is 12.3 Å². The molecule has 0 aliphatic heterocycles. The summed E-state index contributed by atoms with van der Waals surface area (Å²) in [6.07, 6.45) is 3.07. The molecule has 18 heavy (non-hydrogen) atoms. The van der Waals surface area contributed by atoms with E-state index in [4.69, 9.17) is 5.73 Å². The van der Waals surface area contributed by atoms with Crippen LogP contribution < -0.4 is 5.73 Å². The second-order valence-corrected chi connectivity index (χ2v) is 3.49. The summed E-state index contributed by atoms with van der Waals surface area (Å²) in [7, 11) is 0. The first kappa shape index (κ1) is 12.2. The van der Waals surface area contributed by atoms with Crippen LogP contribution in [0.1, 0.15) is 5.56 Å². The standard InChI is InChI=1S/C11H6F4N2O/c12-7-6-4(1-2-5(16)18)3-17-11(6)10(15)9(14)8(7)13/h1-3,17H,(H2,16,18)/b2-1-. The van der Waals surface area contributed by atoms with Crippen molar-refractivity contribution in [3.63, 3.8) is 0 Å². The summed E-state index contributed by atoms with van der Waals surface area (Å²) in [6, 6.07) is 0. The number of carbonyl (C=O) groups excluding carboxylic acids is 1. The Labute approximate surface area is 97.9 Å². The lowest BCUT2D eigenvalue weighted by atomic mass is 10.1. The Morgan fingerprint density at radius 3 is 2.33 bits per heavy atom. The van der Waals surface area contributed by atoms with Crippen LogP contribution in [0.25, 0.3) is 17.0 Å². The Morgan fingerprint density at radius 1 is 1.11 bits per heavy atom. The molecule has 2 aromatic rings. The Balaban J connectivity index is 2.77. The van der Waals surface area contributed by atoms with Crippen LogP contribution in [-0.2, 0) is 4.79 Å². The number of amides is 1. The van der Waals surface area contributed by atoms with Crippen molar-refractivity contribution in [3.05, 3.63) is 41.1 Å². The molecule has 0 saturated heterocycles. The molecule has 3 nitrogen and oxygen atoms in total. The Hall–Kier alpha value is -2.31. The third-order valence-corrected chi connectivity index (χ3v) is 2.35. The molecule has 0 spiro atoms. The highest BCUT2D eigenvalue weighted by molar-refractivity contribution is 5.95. The molecule has 0 unspecified atom stereocenters. The van der Waals surface area contributed by atoms with Crippen molar-refractivity contribution in [2.45, 2.75) is 0 Å². The maximum absolute atomic E-state index is 13.5. The predicted octanol–water partition coefficient (Wildman–Crippen LogP) is 2.22. The van der Waals surface area contributed by atoms with Gasteiger partial charge in [0.2, 0.25) is 5.91 Å². The normalized spacial score (nSPS) is 11.6. The number of rotatable bonds is 2. The molecule has 7 heteroatoms. The lowest BCUT2D eigenvalue weighted by Gasteiger charge is -2.00. The zero-order chi connectivity index (χ0) is 13.4. The Bertz CT molecular complexity index is 675. The first-order chi connectivity index (χ1) is 8.43. The van der Waals surface area contributed by atoms with Crippen LogP contribution in [0, 0.1) is 23.3 Å². The number of primary amides is 1. The molecule has 0 radical (unpaired) electrons. The quantitative estimate of drug-likeness (QED) is 0.369. The highest BCUT2D eigenvalue weighted by Gasteiger charge is 2.22. The van der Waals surface area contributed by atoms with Crippen LogP contribution in [0.4, 0.5) is 17.6 Å². The molecule has 1 heterocycles. The SMILES string of the molecule is NC(=O)/C=C\c1c[nH]c2c(F)c(F)c(F)c(F)c12. The molecule has 0 fully saturated rings. The second kappa shape index (κ2) is 4.17. The maximum Gasteiger partial charge on any atom is 0.241 e. The molecule has 94 valence electrons. The molecule has 0 aliphatic carbocycles. The number of carbonyl (C=O) groups is 1. The predicted molar refractivity (Wildman–Crippen MR) is 56.4 cm³/mol. The van der Waals surface area contributed by atoms with E-state index in [0.29, 0.717) is 0 Å². The number of halogens is 4.